The molecule has 0 amide bonds. The topological polar surface area (TPSA) is 40.6 Å². The minimum atomic E-state index is -3.42. The lowest BCUT2D eigenvalue weighted by Crippen LogP contribution is -2.44. The van der Waals surface area contributed by atoms with E-state index in [9.17, 15) is 8.42 Å². The second-order valence-corrected chi connectivity index (χ2v) is 7.81. The smallest absolute Gasteiger partial charge is 0.244 e. The van der Waals surface area contributed by atoms with Gasteiger partial charge in [0.15, 0.2) is 0 Å². The van der Waals surface area contributed by atoms with E-state index in [1.807, 2.05) is 6.07 Å². The minimum Gasteiger partial charge on any atom is -0.306 e. The van der Waals surface area contributed by atoms with Gasteiger partial charge in [-0.3, -0.25) is 0 Å². The molecule has 0 N–H and O–H groups in total. The maximum atomic E-state index is 12.6. The first kappa shape index (κ1) is 15.0. The van der Waals surface area contributed by atoms with Gasteiger partial charge in [-0.05, 0) is 61.0 Å². The summed E-state index contributed by atoms with van der Waals surface area (Å²) in [6.07, 6.45) is 1.77. The third kappa shape index (κ3) is 3.18. The van der Waals surface area contributed by atoms with Crippen LogP contribution in [0.2, 0.25) is 0 Å². The van der Waals surface area contributed by atoms with E-state index in [4.69, 9.17) is 0 Å². The van der Waals surface area contributed by atoms with Crippen LogP contribution in [0.3, 0.4) is 0 Å². The molecule has 0 unspecified atom stereocenters. The molecular weight excluding hydrogens is 328 g/mol. The second kappa shape index (κ2) is 5.91. The molecule has 1 fully saturated rings. The minimum absolute atomic E-state index is 0.0910. The Morgan fingerprint density at radius 1 is 1.26 bits per heavy atom. The predicted octanol–water partition coefficient (Wildman–Crippen LogP) is 2.16. The van der Waals surface area contributed by atoms with Crippen molar-refractivity contribution in [2.45, 2.75) is 23.8 Å². The van der Waals surface area contributed by atoms with Gasteiger partial charge in [-0.15, -0.1) is 0 Å². The number of rotatable bonds is 3. The van der Waals surface area contributed by atoms with Gasteiger partial charge in [0.2, 0.25) is 10.0 Å². The van der Waals surface area contributed by atoms with E-state index >= 15 is 0 Å². The van der Waals surface area contributed by atoms with Crippen molar-refractivity contribution in [2.75, 3.05) is 27.2 Å². The molecule has 2 rings (SSSR count). The highest BCUT2D eigenvalue weighted by Gasteiger charge is 2.31. The Hall–Kier alpha value is -0.430. The third-order valence-electron chi connectivity index (χ3n) is 3.70. The summed E-state index contributed by atoms with van der Waals surface area (Å²) in [4.78, 5) is 2.58. The SMILES string of the molecule is CN1CCC(N(C)S(=O)(=O)c2ccccc2Br)CC1. The van der Waals surface area contributed by atoms with Gasteiger partial charge in [-0.25, -0.2) is 8.42 Å². The molecule has 1 aliphatic heterocycles. The zero-order valence-corrected chi connectivity index (χ0v) is 13.6. The monoisotopic (exact) mass is 346 g/mol. The summed E-state index contributed by atoms with van der Waals surface area (Å²) in [6, 6.07) is 7.06. The van der Waals surface area contributed by atoms with Crippen molar-refractivity contribution in [2.24, 2.45) is 0 Å². The summed E-state index contributed by atoms with van der Waals surface area (Å²) in [7, 11) is 0.334. The molecule has 0 saturated carbocycles. The van der Waals surface area contributed by atoms with Crippen LogP contribution >= 0.6 is 15.9 Å². The normalized spacial score (nSPS) is 18.9. The zero-order valence-electron chi connectivity index (χ0n) is 11.2. The molecule has 1 aromatic carbocycles. The number of sulfonamides is 1. The van der Waals surface area contributed by atoms with Crippen molar-refractivity contribution in [1.82, 2.24) is 9.21 Å². The first-order valence-corrected chi connectivity index (χ1v) is 8.57. The lowest BCUT2D eigenvalue weighted by molar-refractivity contribution is 0.197. The summed E-state index contributed by atoms with van der Waals surface area (Å²) in [5.74, 6) is 0. The molecule has 0 radical (unpaired) electrons. The molecule has 6 heteroatoms. The number of hydrogen-bond acceptors (Lipinski definition) is 3. The van der Waals surface area contributed by atoms with Crippen LogP contribution in [-0.2, 0) is 10.0 Å². The van der Waals surface area contributed by atoms with Gasteiger partial charge in [0.1, 0.15) is 0 Å². The number of hydrogen-bond donors (Lipinski definition) is 0. The summed E-state index contributed by atoms with van der Waals surface area (Å²) in [5.41, 5.74) is 0. The van der Waals surface area contributed by atoms with Gasteiger partial charge >= 0.3 is 0 Å². The van der Waals surface area contributed by atoms with Crippen LogP contribution in [-0.4, -0.2) is 50.8 Å². The van der Waals surface area contributed by atoms with Crippen molar-refractivity contribution in [3.05, 3.63) is 28.7 Å². The number of benzene rings is 1. The van der Waals surface area contributed by atoms with E-state index in [1.54, 1.807) is 25.2 Å². The van der Waals surface area contributed by atoms with Crippen molar-refractivity contribution in [3.8, 4) is 0 Å². The van der Waals surface area contributed by atoms with E-state index in [1.165, 1.54) is 4.31 Å². The van der Waals surface area contributed by atoms with Crippen molar-refractivity contribution in [3.63, 3.8) is 0 Å². The van der Waals surface area contributed by atoms with Gasteiger partial charge < -0.3 is 4.90 Å². The van der Waals surface area contributed by atoms with E-state index in [-0.39, 0.29) is 6.04 Å². The van der Waals surface area contributed by atoms with E-state index < -0.39 is 10.0 Å². The number of halogens is 1. The van der Waals surface area contributed by atoms with Crippen LogP contribution < -0.4 is 0 Å². The number of likely N-dealkylation sites (tertiary alicyclic amines) is 1. The first-order chi connectivity index (χ1) is 8.93. The summed E-state index contributed by atoms with van der Waals surface area (Å²) >= 11 is 3.32. The molecule has 0 spiro atoms. The standard InChI is InChI=1S/C13H19BrN2O2S/c1-15-9-7-11(8-10-15)16(2)19(17,18)13-6-4-3-5-12(13)14/h3-6,11H,7-10H2,1-2H3. The lowest BCUT2D eigenvalue weighted by Gasteiger charge is -2.34. The highest BCUT2D eigenvalue weighted by molar-refractivity contribution is 9.10. The second-order valence-electron chi connectivity index (χ2n) is 4.99. The Bertz CT molecular complexity index is 539. The van der Waals surface area contributed by atoms with Gasteiger partial charge in [0.25, 0.3) is 0 Å². The van der Waals surface area contributed by atoms with Crippen molar-refractivity contribution < 1.29 is 8.42 Å². The molecule has 1 saturated heterocycles. The van der Waals surface area contributed by atoms with Gasteiger partial charge in [0, 0.05) is 17.6 Å². The largest absolute Gasteiger partial charge is 0.306 e. The predicted molar refractivity (Wildman–Crippen MR) is 79.6 cm³/mol. The molecule has 4 nitrogen and oxygen atoms in total. The Morgan fingerprint density at radius 3 is 2.42 bits per heavy atom. The van der Waals surface area contributed by atoms with Crippen LogP contribution in [0, 0.1) is 0 Å². The van der Waals surface area contributed by atoms with E-state index in [2.05, 4.69) is 27.9 Å². The maximum Gasteiger partial charge on any atom is 0.244 e. The zero-order chi connectivity index (χ0) is 14.0. The van der Waals surface area contributed by atoms with Gasteiger partial charge in [0.05, 0.1) is 4.90 Å². The molecule has 1 aromatic rings. The van der Waals surface area contributed by atoms with Crippen LogP contribution in [0.25, 0.3) is 0 Å². The molecule has 0 aliphatic carbocycles. The summed E-state index contributed by atoms with van der Waals surface area (Å²) in [5, 5.41) is 0. The van der Waals surface area contributed by atoms with E-state index in [0.717, 1.165) is 25.9 Å². The van der Waals surface area contributed by atoms with Crippen LogP contribution in [0.4, 0.5) is 0 Å². The third-order valence-corrected chi connectivity index (χ3v) is 6.62. The average molecular weight is 347 g/mol. The highest BCUT2D eigenvalue weighted by Crippen LogP contribution is 2.27. The summed E-state index contributed by atoms with van der Waals surface area (Å²) in [6.45, 7) is 1.89. The highest BCUT2D eigenvalue weighted by atomic mass is 79.9. The fourth-order valence-electron chi connectivity index (χ4n) is 2.36. The van der Waals surface area contributed by atoms with Crippen LogP contribution in [0.15, 0.2) is 33.6 Å². The molecular formula is C13H19BrN2O2S. The Balaban J connectivity index is 2.23. The Labute approximate surface area is 123 Å². The molecule has 19 heavy (non-hydrogen) atoms. The van der Waals surface area contributed by atoms with E-state index in [0.29, 0.717) is 9.37 Å². The molecule has 0 aromatic heterocycles. The van der Waals surface area contributed by atoms with Gasteiger partial charge in [-0.1, -0.05) is 12.1 Å². The molecule has 1 aliphatic rings. The van der Waals surface area contributed by atoms with Crippen molar-refractivity contribution in [1.29, 1.82) is 0 Å². The fraction of sp³-hybridized carbons (Fsp3) is 0.538. The van der Waals surface area contributed by atoms with Crippen LogP contribution in [0.5, 0.6) is 0 Å². The average Bonchev–Trinajstić information content (AvgIpc) is 2.39. The Morgan fingerprint density at radius 2 is 1.84 bits per heavy atom. The number of piperidine rings is 1. The Kier molecular flexibility index (Phi) is 4.66. The van der Waals surface area contributed by atoms with Crippen molar-refractivity contribution >= 4 is 26.0 Å². The molecule has 0 bridgehead atoms. The molecule has 1 heterocycles. The lowest BCUT2D eigenvalue weighted by atomic mass is 10.1. The fourth-order valence-corrected chi connectivity index (χ4v) is 4.74. The molecule has 106 valence electrons. The van der Waals surface area contributed by atoms with Crippen LogP contribution in [0.1, 0.15) is 12.8 Å². The first-order valence-electron chi connectivity index (χ1n) is 6.34. The maximum absolute atomic E-state index is 12.6. The summed E-state index contributed by atoms with van der Waals surface area (Å²) < 4.78 is 27.4. The van der Waals surface area contributed by atoms with Gasteiger partial charge in [-0.2, -0.15) is 4.31 Å². The quantitative estimate of drug-likeness (QED) is 0.841. The molecule has 0 atom stereocenters. The number of nitrogens with zero attached hydrogens (tertiary/aromatic N) is 2.